The Kier molecular flexibility index (Phi) is 14.2. The van der Waals surface area contributed by atoms with Gasteiger partial charge in [-0.1, -0.05) is 36.5 Å². The molecular formula is C41H58N4O4S2. The van der Waals surface area contributed by atoms with Crippen molar-refractivity contribution in [2.45, 2.75) is 82.0 Å². The second-order valence-corrected chi connectivity index (χ2v) is 15.9. The zero-order valence-corrected chi connectivity index (χ0v) is 32.3. The number of ether oxygens (including phenoxy) is 4. The van der Waals surface area contributed by atoms with Crippen molar-refractivity contribution in [3.05, 3.63) is 75.7 Å². The van der Waals surface area contributed by atoms with E-state index in [4.69, 9.17) is 41.9 Å². The van der Waals surface area contributed by atoms with Crippen LogP contribution in [0.2, 0.25) is 0 Å². The van der Waals surface area contributed by atoms with Crippen molar-refractivity contribution in [3.63, 3.8) is 0 Å². The highest BCUT2D eigenvalue weighted by Crippen LogP contribution is 2.43. The second kappa shape index (κ2) is 18.9. The number of benzene rings is 2. The molecule has 4 fully saturated rings. The molecule has 4 aliphatic rings. The monoisotopic (exact) mass is 734 g/mol. The zero-order valence-electron chi connectivity index (χ0n) is 30.6. The number of hydrogen-bond acceptors (Lipinski definition) is 9. The molecule has 278 valence electrons. The molecule has 3 aromatic rings. The van der Waals surface area contributed by atoms with Gasteiger partial charge < -0.3 is 34.5 Å². The van der Waals surface area contributed by atoms with Crippen LogP contribution in [0.1, 0.15) is 86.0 Å². The molecule has 51 heavy (non-hydrogen) atoms. The Balaban J connectivity index is 0.000000177. The Bertz CT molecular complexity index is 1470. The lowest BCUT2D eigenvalue weighted by atomic mass is 9.74. The van der Waals surface area contributed by atoms with Gasteiger partial charge in [0.25, 0.3) is 0 Å². The topological polar surface area (TPSA) is 82.3 Å². The maximum atomic E-state index is 6.07. The van der Waals surface area contributed by atoms with Crippen molar-refractivity contribution in [2.75, 3.05) is 78.9 Å². The third-order valence-corrected chi connectivity index (χ3v) is 12.7. The fourth-order valence-electron chi connectivity index (χ4n) is 8.03. The van der Waals surface area contributed by atoms with Crippen LogP contribution >= 0.6 is 23.6 Å². The first kappa shape index (κ1) is 38.1. The smallest absolute Gasteiger partial charge is 0.119 e. The fraction of sp³-hybridized carbons (Fsp3) is 0.610. The van der Waals surface area contributed by atoms with Crippen LogP contribution in [0.3, 0.4) is 0 Å². The van der Waals surface area contributed by atoms with Gasteiger partial charge in [0, 0.05) is 56.0 Å². The molecule has 0 unspecified atom stereocenters. The Hall–Kier alpha value is -2.60. The van der Waals surface area contributed by atoms with Gasteiger partial charge in [0.2, 0.25) is 0 Å². The summed E-state index contributed by atoms with van der Waals surface area (Å²) in [6.45, 7) is 14.0. The van der Waals surface area contributed by atoms with Crippen LogP contribution in [0, 0.1) is 6.92 Å². The minimum atomic E-state index is -0.220. The Morgan fingerprint density at radius 1 is 0.745 bits per heavy atom. The number of aryl methyl sites for hydroxylation is 1. The summed E-state index contributed by atoms with van der Waals surface area (Å²) >= 11 is 7.15. The zero-order chi connectivity index (χ0) is 35.4. The van der Waals surface area contributed by atoms with Crippen LogP contribution in [-0.2, 0) is 20.3 Å². The molecule has 2 N–H and O–H groups in total. The van der Waals surface area contributed by atoms with Crippen molar-refractivity contribution in [3.8, 4) is 11.5 Å². The molecule has 0 radical (unpaired) electrons. The summed E-state index contributed by atoms with van der Waals surface area (Å²) in [5.74, 6) is 1.89. The Morgan fingerprint density at radius 2 is 1.22 bits per heavy atom. The van der Waals surface area contributed by atoms with Gasteiger partial charge in [-0.25, -0.2) is 4.98 Å². The van der Waals surface area contributed by atoms with Gasteiger partial charge in [-0.3, -0.25) is 0 Å². The molecule has 0 atom stereocenters. The molecule has 0 saturated carbocycles. The van der Waals surface area contributed by atoms with Crippen LogP contribution in [0.4, 0.5) is 0 Å². The van der Waals surface area contributed by atoms with Crippen LogP contribution in [-0.4, -0.2) is 98.7 Å². The maximum absolute atomic E-state index is 6.07. The summed E-state index contributed by atoms with van der Waals surface area (Å²) in [6.07, 6.45) is 11.3. The highest BCUT2D eigenvalue weighted by atomic mass is 32.1. The molecule has 1 aromatic heterocycles. The minimum absolute atomic E-state index is 0.00847. The van der Waals surface area contributed by atoms with E-state index in [2.05, 4.69) is 58.5 Å². The number of thiocarbonyl (C=S) groups is 1. The van der Waals surface area contributed by atoms with Gasteiger partial charge in [-0.2, -0.15) is 0 Å². The van der Waals surface area contributed by atoms with Gasteiger partial charge in [0.15, 0.2) is 0 Å². The van der Waals surface area contributed by atoms with Gasteiger partial charge in [0.1, 0.15) is 16.5 Å². The van der Waals surface area contributed by atoms with E-state index in [0.29, 0.717) is 18.2 Å². The lowest BCUT2D eigenvalue weighted by Gasteiger charge is -2.36. The van der Waals surface area contributed by atoms with E-state index in [1.807, 2.05) is 12.1 Å². The maximum Gasteiger partial charge on any atom is 0.119 e. The minimum Gasteiger partial charge on any atom is -0.494 e. The molecule has 7 rings (SSSR count). The van der Waals surface area contributed by atoms with E-state index >= 15 is 0 Å². The quantitative estimate of drug-likeness (QED) is 0.136. The van der Waals surface area contributed by atoms with Gasteiger partial charge in [-0.15, -0.1) is 11.3 Å². The van der Waals surface area contributed by atoms with Crippen molar-refractivity contribution in [1.82, 2.24) is 14.8 Å². The molecule has 4 saturated heterocycles. The van der Waals surface area contributed by atoms with Crippen LogP contribution in [0.25, 0.3) is 0 Å². The van der Waals surface area contributed by atoms with Gasteiger partial charge in [-0.05, 0) is 133 Å². The summed E-state index contributed by atoms with van der Waals surface area (Å²) < 4.78 is 23.0. The van der Waals surface area contributed by atoms with E-state index in [-0.39, 0.29) is 10.8 Å². The molecule has 5 heterocycles. The molecule has 8 nitrogen and oxygen atoms in total. The highest BCUT2D eigenvalue weighted by Gasteiger charge is 2.39. The molecule has 10 heteroatoms. The summed E-state index contributed by atoms with van der Waals surface area (Å²) in [6, 6.07) is 17.0. The first-order valence-electron chi connectivity index (χ1n) is 19.3. The van der Waals surface area contributed by atoms with Crippen molar-refractivity contribution in [1.29, 1.82) is 0 Å². The summed E-state index contributed by atoms with van der Waals surface area (Å²) in [4.78, 5) is 10.5. The third-order valence-electron chi connectivity index (χ3n) is 11.2. The van der Waals surface area contributed by atoms with Gasteiger partial charge in [0.05, 0.1) is 23.6 Å². The number of likely N-dealkylation sites (tertiary alicyclic amines) is 2. The largest absolute Gasteiger partial charge is 0.494 e. The van der Waals surface area contributed by atoms with Crippen molar-refractivity contribution in [2.24, 2.45) is 5.73 Å². The Labute approximate surface area is 315 Å². The van der Waals surface area contributed by atoms with Crippen LogP contribution < -0.4 is 15.2 Å². The summed E-state index contributed by atoms with van der Waals surface area (Å²) in [5, 5.41) is 3.38. The highest BCUT2D eigenvalue weighted by molar-refractivity contribution is 7.80. The molecular weight excluding hydrogens is 677 g/mol. The molecule has 0 spiro atoms. The average molecular weight is 735 g/mol. The first-order valence-corrected chi connectivity index (χ1v) is 20.6. The predicted octanol–water partition coefficient (Wildman–Crippen LogP) is 7.30. The number of hydrogen-bond donors (Lipinski definition) is 1. The summed E-state index contributed by atoms with van der Waals surface area (Å²) in [7, 11) is 0. The molecule has 2 aromatic carbocycles. The van der Waals surface area contributed by atoms with E-state index in [9.17, 15) is 0 Å². The van der Waals surface area contributed by atoms with E-state index in [1.165, 1.54) is 68.0 Å². The lowest BCUT2D eigenvalue weighted by molar-refractivity contribution is 0.0630. The Morgan fingerprint density at radius 3 is 1.67 bits per heavy atom. The first-order chi connectivity index (χ1) is 25.0. The normalized spacial score (nSPS) is 20.4. The van der Waals surface area contributed by atoms with E-state index in [0.717, 1.165) is 95.2 Å². The molecule has 0 aliphatic carbocycles. The van der Waals surface area contributed by atoms with Gasteiger partial charge >= 0.3 is 0 Å². The van der Waals surface area contributed by atoms with Crippen molar-refractivity contribution < 1.29 is 18.9 Å². The SMILES string of the molecule is Cc1csc(C2(c3ccc(OCCCN4CCCC4)cc3)CCOCC2)n1.NC(=S)C1(c2ccc(OCCCN3CCCC3)cc2)CCOCC1. The average Bonchev–Trinajstić information content (AvgIpc) is 3.98. The van der Waals surface area contributed by atoms with Crippen molar-refractivity contribution >= 4 is 28.5 Å². The lowest BCUT2D eigenvalue weighted by Crippen LogP contribution is -2.44. The number of rotatable bonds is 14. The standard InChI is InChI=1S/C22H30N2O2S.C19H28N2O2S/c1-18-17-27-21(23-18)22(9-15-25-16-10-22)19-5-7-20(8-6-19)26-14-4-13-24-11-2-3-12-24;20-18(24)19(8-14-22-15-9-19)16-4-6-17(7-5-16)23-13-3-12-21-10-1-2-11-21/h5-8,17H,2-4,9-16H2,1H3;4-7H,1-3,8-15H2,(H2,20,24). The van der Waals surface area contributed by atoms with Crippen LogP contribution in [0.5, 0.6) is 11.5 Å². The van der Waals surface area contributed by atoms with E-state index in [1.54, 1.807) is 11.3 Å². The second-order valence-electron chi connectivity index (χ2n) is 14.6. The molecule has 0 bridgehead atoms. The van der Waals surface area contributed by atoms with E-state index < -0.39 is 0 Å². The predicted molar refractivity (Wildman–Crippen MR) is 211 cm³/mol. The molecule has 4 aliphatic heterocycles. The van der Waals surface area contributed by atoms with Crippen LogP contribution in [0.15, 0.2) is 53.9 Å². The number of aromatic nitrogens is 1. The summed E-state index contributed by atoms with van der Waals surface area (Å²) in [5.41, 5.74) is 9.47. The third kappa shape index (κ3) is 10.1. The fourth-order valence-corrected chi connectivity index (χ4v) is 9.43. The number of nitrogens with zero attached hydrogens (tertiary/aromatic N) is 3. The molecule has 0 amide bonds. The number of thiazole rings is 1. The number of nitrogens with two attached hydrogens (primary N) is 1.